The number of rotatable bonds is 7. The van der Waals surface area contributed by atoms with Crippen LogP contribution in [0.5, 0.6) is 0 Å². The van der Waals surface area contributed by atoms with Crippen LogP contribution >= 0.6 is 11.8 Å². The standard InChI is InChI=1S/C19H19F2NO2S/c1-12-3-4-13(2)16(11-12)17(23)9-10-18(24)22-14-5-7-15(8-6-14)25-19(20)21/h3-8,11,19H,9-10H2,1-2H3,(H,22,24). The third-order valence-corrected chi connectivity index (χ3v) is 4.36. The van der Waals surface area contributed by atoms with E-state index in [0.717, 1.165) is 11.1 Å². The molecule has 0 atom stereocenters. The van der Waals surface area contributed by atoms with E-state index in [9.17, 15) is 18.4 Å². The monoisotopic (exact) mass is 363 g/mol. The predicted octanol–water partition coefficient (Wildman–Crippen LogP) is 5.22. The normalized spacial score (nSPS) is 10.8. The Morgan fingerprint density at radius 3 is 2.36 bits per heavy atom. The van der Waals surface area contributed by atoms with Crippen molar-refractivity contribution in [3.05, 3.63) is 59.2 Å². The van der Waals surface area contributed by atoms with Crippen LogP contribution in [0.25, 0.3) is 0 Å². The number of amides is 1. The number of hydrogen-bond donors (Lipinski definition) is 1. The zero-order valence-corrected chi connectivity index (χ0v) is 14.8. The number of benzene rings is 2. The first-order valence-corrected chi connectivity index (χ1v) is 8.68. The van der Waals surface area contributed by atoms with Crippen molar-refractivity contribution < 1.29 is 18.4 Å². The van der Waals surface area contributed by atoms with Gasteiger partial charge in [-0.3, -0.25) is 9.59 Å². The van der Waals surface area contributed by atoms with Crippen molar-refractivity contribution in [2.45, 2.75) is 37.3 Å². The van der Waals surface area contributed by atoms with Gasteiger partial charge in [0, 0.05) is 29.0 Å². The second-order valence-corrected chi connectivity index (χ2v) is 6.76. The van der Waals surface area contributed by atoms with Gasteiger partial charge in [0.2, 0.25) is 5.91 Å². The highest BCUT2D eigenvalue weighted by atomic mass is 32.2. The van der Waals surface area contributed by atoms with E-state index < -0.39 is 5.76 Å². The summed E-state index contributed by atoms with van der Waals surface area (Å²) in [5.74, 6) is -2.83. The van der Waals surface area contributed by atoms with Gasteiger partial charge in [0.25, 0.3) is 5.76 Å². The lowest BCUT2D eigenvalue weighted by molar-refractivity contribution is -0.116. The number of anilines is 1. The summed E-state index contributed by atoms with van der Waals surface area (Å²) in [5.41, 5.74) is 3.05. The van der Waals surface area contributed by atoms with E-state index in [1.54, 1.807) is 12.1 Å². The molecule has 0 fully saturated rings. The maximum atomic E-state index is 12.3. The highest BCUT2D eigenvalue weighted by molar-refractivity contribution is 7.99. The zero-order valence-electron chi connectivity index (χ0n) is 14.0. The third kappa shape index (κ3) is 5.98. The molecule has 2 rings (SSSR count). The molecule has 0 aromatic heterocycles. The maximum absolute atomic E-state index is 12.3. The molecule has 0 aliphatic heterocycles. The fraction of sp³-hybridized carbons (Fsp3) is 0.263. The molecule has 0 saturated carbocycles. The summed E-state index contributed by atoms with van der Waals surface area (Å²) in [5, 5.41) is 2.67. The number of thioether (sulfide) groups is 1. The summed E-state index contributed by atoms with van der Waals surface area (Å²) in [6.45, 7) is 3.78. The van der Waals surface area contributed by atoms with Crippen LogP contribution in [0.3, 0.4) is 0 Å². The molecule has 0 aliphatic rings. The Bertz CT molecular complexity index is 761. The number of carbonyl (C=O) groups excluding carboxylic acids is 2. The summed E-state index contributed by atoms with van der Waals surface area (Å²) in [4.78, 5) is 24.7. The van der Waals surface area contributed by atoms with Crippen LogP contribution in [0.2, 0.25) is 0 Å². The van der Waals surface area contributed by atoms with Gasteiger partial charge in [0.05, 0.1) is 0 Å². The Morgan fingerprint density at radius 2 is 1.72 bits per heavy atom. The van der Waals surface area contributed by atoms with Crippen LogP contribution in [-0.2, 0) is 4.79 Å². The second-order valence-electron chi connectivity index (χ2n) is 5.69. The summed E-state index contributed by atoms with van der Waals surface area (Å²) < 4.78 is 24.5. The van der Waals surface area contributed by atoms with Crippen molar-refractivity contribution in [1.29, 1.82) is 0 Å². The number of ketones is 1. The van der Waals surface area contributed by atoms with Crippen molar-refractivity contribution >= 4 is 29.1 Å². The Balaban J connectivity index is 1.88. The lowest BCUT2D eigenvalue weighted by atomic mass is 9.99. The number of aryl methyl sites for hydroxylation is 2. The average Bonchev–Trinajstić information content (AvgIpc) is 2.56. The Labute approximate surface area is 149 Å². The summed E-state index contributed by atoms with van der Waals surface area (Å²) in [6, 6.07) is 11.8. The van der Waals surface area contributed by atoms with Crippen LogP contribution in [0.15, 0.2) is 47.4 Å². The highest BCUT2D eigenvalue weighted by Gasteiger charge is 2.12. The van der Waals surface area contributed by atoms with Crippen molar-refractivity contribution in [3.63, 3.8) is 0 Å². The van der Waals surface area contributed by atoms with Crippen molar-refractivity contribution in [3.8, 4) is 0 Å². The van der Waals surface area contributed by atoms with Crippen molar-refractivity contribution in [2.75, 3.05) is 5.32 Å². The summed E-state index contributed by atoms with van der Waals surface area (Å²) >= 11 is 0.450. The molecule has 25 heavy (non-hydrogen) atoms. The number of nitrogens with one attached hydrogen (secondary N) is 1. The van der Waals surface area contributed by atoms with E-state index in [0.29, 0.717) is 27.9 Å². The van der Waals surface area contributed by atoms with E-state index in [1.807, 2.05) is 32.0 Å². The Kier molecular flexibility index (Phi) is 6.70. The van der Waals surface area contributed by atoms with Crippen LogP contribution in [-0.4, -0.2) is 17.4 Å². The molecule has 0 saturated heterocycles. The van der Waals surface area contributed by atoms with E-state index >= 15 is 0 Å². The van der Waals surface area contributed by atoms with Gasteiger partial charge in [0.1, 0.15) is 0 Å². The molecule has 2 aromatic rings. The average molecular weight is 363 g/mol. The quantitative estimate of drug-likeness (QED) is 0.542. The van der Waals surface area contributed by atoms with Gasteiger partial charge in [-0.2, -0.15) is 8.78 Å². The maximum Gasteiger partial charge on any atom is 0.288 e. The molecule has 0 radical (unpaired) electrons. The Hall–Kier alpha value is -2.21. The van der Waals surface area contributed by atoms with Gasteiger partial charge in [-0.15, -0.1) is 0 Å². The van der Waals surface area contributed by atoms with E-state index in [-0.39, 0.29) is 24.5 Å². The van der Waals surface area contributed by atoms with Gasteiger partial charge in [-0.25, -0.2) is 0 Å². The third-order valence-electron chi connectivity index (χ3n) is 3.64. The van der Waals surface area contributed by atoms with Crippen molar-refractivity contribution in [1.82, 2.24) is 0 Å². The molecule has 1 N–H and O–H groups in total. The molecule has 0 heterocycles. The largest absolute Gasteiger partial charge is 0.326 e. The molecule has 3 nitrogen and oxygen atoms in total. The van der Waals surface area contributed by atoms with E-state index in [2.05, 4.69) is 5.32 Å². The predicted molar refractivity (Wildman–Crippen MR) is 96.4 cm³/mol. The number of carbonyl (C=O) groups is 2. The van der Waals surface area contributed by atoms with Gasteiger partial charge < -0.3 is 5.32 Å². The molecule has 0 aliphatic carbocycles. The molecule has 1 amide bonds. The second kappa shape index (κ2) is 8.76. The van der Waals surface area contributed by atoms with Gasteiger partial charge in [0.15, 0.2) is 5.78 Å². The lowest BCUT2D eigenvalue weighted by Crippen LogP contribution is -2.14. The first kappa shape index (κ1) is 19.1. The van der Waals surface area contributed by atoms with E-state index in [4.69, 9.17) is 0 Å². The minimum atomic E-state index is -2.48. The summed E-state index contributed by atoms with van der Waals surface area (Å²) in [7, 11) is 0. The highest BCUT2D eigenvalue weighted by Crippen LogP contribution is 2.26. The molecular weight excluding hydrogens is 344 g/mol. The summed E-state index contributed by atoms with van der Waals surface area (Å²) in [6.07, 6.45) is 0.190. The number of hydrogen-bond acceptors (Lipinski definition) is 3. The zero-order chi connectivity index (χ0) is 18.4. The van der Waals surface area contributed by atoms with Crippen LogP contribution in [0, 0.1) is 13.8 Å². The van der Waals surface area contributed by atoms with Gasteiger partial charge in [-0.1, -0.05) is 29.5 Å². The molecular formula is C19H19F2NO2S. The first-order chi connectivity index (χ1) is 11.8. The first-order valence-electron chi connectivity index (χ1n) is 7.80. The van der Waals surface area contributed by atoms with E-state index in [1.165, 1.54) is 12.1 Å². The molecule has 132 valence electrons. The fourth-order valence-electron chi connectivity index (χ4n) is 2.34. The lowest BCUT2D eigenvalue weighted by Gasteiger charge is -2.08. The topological polar surface area (TPSA) is 46.2 Å². The molecule has 2 aromatic carbocycles. The van der Waals surface area contributed by atoms with Crippen LogP contribution < -0.4 is 5.32 Å². The van der Waals surface area contributed by atoms with Crippen LogP contribution in [0.1, 0.15) is 34.3 Å². The fourth-order valence-corrected chi connectivity index (χ4v) is 2.84. The smallest absolute Gasteiger partial charge is 0.288 e. The van der Waals surface area contributed by atoms with Crippen molar-refractivity contribution in [2.24, 2.45) is 0 Å². The minimum absolute atomic E-state index is 0.0692. The minimum Gasteiger partial charge on any atom is -0.326 e. The van der Waals surface area contributed by atoms with Gasteiger partial charge >= 0.3 is 0 Å². The molecule has 0 unspecified atom stereocenters. The molecule has 6 heteroatoms. The molecule has 0 bridgehead atoms. The number of Topliss-reactive ketones (excluding diaryl/α,β-unsaturated/α-hetero) is 1. The van der Waals surface area contributed by atoms with Gasteiger partial charge in [-0.05, 0) is 49.7 Å². The van der Waals surface area contributed by atoms with Crippen LogP contribution in [0.4, 0.5) is 14.5 Å². The SMILES string of the molecule is Cc1ccc(C)c(C(=O)CCC(=O)Nc2ccc(SC(F)F)cc2)c1. The Morgan fingerprint density at radius 1 is 1.04 bits per heavy atom. The number of alkyl halides is 2. The molecule has 0 spiro atoms. The number of halogens is 2.